The van der Waals surface area contributed by atoms with Crippen molar-refractivity contribution in [1.82, 2.24) is 20.3 Å². The van der Waals surface area contributed by atoms with E-state index >= 15 is 0 Å². The zero-order valence-corrected chi connectivity index (χ0v) is 21.1. The minimum absolute atomic E-state index is 0.0642. The van der Waals surface area contributed by atoms with Gasteiger partial charge in [0.2, 0.25) is 18.6 Å². The van der Waals surface area contributed by atoms with E-state index in [2.05, 4.69) is 29.5 Å². The number of anilines is 1. The Kier molecular flexibility index (Phi) is 7.21. The molecule has 10 heteroatoms. The lowest BCUT2D eigenvalue weighted by Crippen LogP contribution is -2.45. The summed E-state index contributed by atoms with van der Waals surface area (Å²) in [4.78, 5) is 29.1. The number of aromatic nitrogens is 3. The Bertz CT molecular complexity index is 1450. The first-order valence-corrected chi connectivity index (χ1v) is 12.4. The predicted molar refractivity (Wildman–Crippen MR) is 139 cm³/mol. The largest absolute Gasteiger partial charge is 0.454 e. The molecule has 0 bridgehead atoms. The Morgan fingerprint density at radius 2 is 1.82 bits per heavy atom. The van der Waals surface area contributed by atoms with Gasteiger partial charge in [-0.15, -0.1) is 5.10 Å². The number of carbonyl (C=O) groups excluding carboxylic acids is 2. The fourth-order valence-electron chi connectivity index (χ4n) is 4.35. The van der Waals surface area contributed by atoms with E-state index < -0.39 is 17.8 Å². The molecule has 0 saturated heterocycles. The summed E-state index contributed by atoms with van der Waals surface area (Å²) in [5.74, 6) is 0.154. The minimum Gasteiger partial charge on any atom is -0.454 e. The van der Waals surface area contributed by atoms with Gasteiger partial charge in [0.05, 0.1) is 5.52 Å². The molecule has 0 spiro atoms. The summed E-state index contributed by atoms with van der Waals surface area (Å²) in [6.07, 6.45) is 0.769. The fraction of sp³-hybridized carbons (Fsp3) is 0.286. The molecule has 9 nitrogen and oxygen atoms in total. The summed E-state index contributed by atoms with van der Waals surface area (Å²) < 4.78 is 26.3. The van der Waals surface area contributed by atoms with E-state index in [9.17, 15) is 14.0 Å². The van der Waals surface area contributed by atoms with Gasteiger partial charge >= 0.3 is 0 Å². The average molecular weight is 518 g/mol. The minimum atomic E-state index is -1.08. The highest BCUT2D eigenvalue weighted by Crippen LogP contribution is 2.38. The second kappa shape index (κ2) is 10.9. The van der Waals surface area contributed by atoms with Crippen LogP contribution in [0.15, 0.2) is 66.7 Å². The molecule has 0 fully saturated rings. The summed E-state index contributed by atoms with van der Waals surface area (Å²) in [5.41, 5.74) is 2.22. The number of para-hydroxylation sites is 1. The number of fused-ring (bicyclic) bond motifs is 2. The van der Waals surface area contributed by atoms with Gasteiger partial charge in [0.25, 0.3) is 0 Å². The summed E-state index contributed by atoms with van der Waals surface area (Å²) >= 11 is 0. The zero-order chi connectivity index (χ0) is 26.6. The van der Waals surface area contributed by atoms with Crippen LogP contribution < -0.4 is 19.7 Å². The third-order valence-corrected chi connectivity index (χ3v) is 6.32. The number of ether oxygens (including phenoxy) is 2. The Labute approximate surface area is 219 Å². The molecular weight excluding hydrogens is 489 g/mol. The normalized spacial score (nSPS) is 13.1. The van der Waals surface area contributed by atoms with Gasteiger partial charge in [0.15, 0.2) is 11.5 Å². The van der Waals surface area contributed by atoms with E-state index in [4.69, 9.17) is 9.47 Å². The molecule has 2 heterocycles. The lowest BCUT2D eigenvalue weighted by atomic mass is 10.0. The lowest BCUT2D eigenvalue weighted by molar-refractivity contribution is -0.127. The first-order chi connectivity index (χ1) is 18.4. The standard InChI is InChI=1S/C28H28FN5O4/c1-18(2)13-14-30-28(36)27(19-7-9-20(29)10-8-19)34(21-11-12-24-25(15-21)38-17-37-24)26(35)16-33-23-6-4-3-5-22(23)31-32-33/h3-12,15,18,27H,13-14,16-17H2,1-2H3,(H,30,36). The highest BCUT2D eigenvalue weighted by molar-refractivity contribution is 6.01. The number of rotatable bonds is 9. The molecule has 5 rings (SSSR count). The number of carbonyl (C=O) groups is 2. The Morgan fingerprint density at radius 1 is 1.05 bits per heavy atom. The number of nitrogens with one attached hydrogen (secondary N) is 1. The Balaban J connectivity index is 1.57. The monoisotopic (exact) mass is 517 g/mol. The molecule has 0 aliphatic carbocycles. The van der Waals surface area contributed by atoms with Crippen LogP contribution in [-0.2, 0) is 16.1 Å². The molecule has 4 aromatic rings. The molecule has 38 heavy (non-hydrogen) atoms. The molecule has 3 aromatic carbocycles. The van der Waals surface area contributed by atoms with Crippen LogP contribution in [0.4, 0.5) is 10.1 Å². The maximum Gasteiger partial charge on any atom is 0.249 e. The van der Waals surface area contributed by atoms with Crippen molar-refractivity contribution in [1.29, 1.82) is 0 Å². The van der Waals surface area contributed by atoms with Gasteiger partial charge in [-0.25, -0.2) is 9.07 Å². The molecule has 0 saturated carbocycles. The summed E-state index contributed by atoms with van der Waals surface area (Å²) in [6, 6.07) is 16.9. The van der Waals surface area contributed by atoms with Crippen molar-refractivity contribution in [2.45, 2.75) is 32.9 Å². The summed E-state index contributed by atoms with van der Waals surface area (Å²) in [5, 5.41) is 11.2. The van der Waals surface area contributed by atoms with Crippen LogP contribution in [0.2, 0.25) is 0 Å². The van der Waals surface area contributed by atoms with Crippen LogP contribution >= 0.6 is 0 Å². The van der Waals surface area contributed by atoms with Crippen molar-refractivity contribution < 1.29 is 23.5 Å². The van der Waals surface area contributed by atoms with E-state index in [1.54, 1.807) is 18.2 Å². The van der Waals surface area contributed by atoms with Crippen LogP contribution in [0.1, 0.15) is 31.9 Å². The molecule has 1 aliphatic rings. The van der Waals surface area contributed by atoms with E-state index in [1.807, 2.05) is 24.3 Å². The predicted octanol–water partition coefficient (Wildman–Crippen LogP) is 4.24. The topological polar surface area (TPSA) is 98.6 Å². The average Bonchev–Trinajstić information content (AvgIpc) is 3.54. The third kappa shape index (κ3) is 5.29. The van der Waals surface area contributed by atoms with Gasteiger partial charge < -0.3 is 14.8 Å². The number of nitrogens with zero attached hydrogens (tertiary/aromatic N) is 4. The maximum atomic E-state index is 14.0. The highest BCUT2D eigenvalue weighted by Gasteiger charge is 2.34. The van der Waals surface area contributed by atoms with Crippen molar-refractivity contribution in [3.05, 3.63) is 78.1 Å². The number of benzene rings is 3. The van der Waals surface area contributed by atoms with Crippen molar-refractivity contribution >= 4 is 28.5 Å². The van der Waals surface area contributed by atoms with Gasteiger partial charge in [-0.1, -0.05) is 43.3 Å². The fourth-order valence-corrected chi connectivity index (χ4v) is 4.35. The van der Waals surface area contributed by atoms with E-state index in [0.717, 1.165) is 6.42 Å². The Hall–Kier alpha value is -4.47. The molecule has 1 unspecified atom stereocenters. The summed E-state index contributed by atoms with van der Waals surface area (Å²) in [7, 11) is 0. The number of hydrogen-bond acceptors (Lipinski definition) is 6. The van der Waals surface area contributed by atoms with Crippen LogP contribution in [0.25, 0.3) is 11.0 Å². The van der Waals surface area contributed by atoms with E-state index in [0.29, 0.717) is 46.2 Å². The third-order valence-electron chi connectivity index (χ3n) is 6.32. The number of amides is 2. The molecule has 2 amide bonds. The second-order valence-corrected chi connectivity index (χ2v) is 9.46. The molecule has 0 radical (unpaired) electrons. The van der Waals surface area contributed by atoms with Gasteiger partial charge in [-0.3, -0.25) is 14.5 Å². The molecule has 1 N–H and O–H groups in total. The first kappa shape index (κ1) is 25.2. The van der Waals surface area contributed by atoms with Crippen molar-refractivity contribution in [3.8, 4) is 11.5 Å². The SMILES string of the molecule is CC(C)CCNC(=O)C(c1ccc(F)cc1)N(C(=O)Cn1nnc2ccccc21)c1ccc2c(c1)OCO2. The van der Waals surface area contributed by atoms with Crippen molar-refractivity contribution in [2.75, 3.05) is 18.2 Å². The quantitative estimate of drug-likeness (QED) is 0.357. The van der Waals surface area contributed by atoms with Gasteiger partial charge in [0.1, 0.15) is 23.9 Å². The van der Waals surface area contributed by atoms with Crippen LogP contribution in [0.5, 0.6) is 11.5 Å². The van der Waals surface area contributed by atoms with Crippen molar-refractivity contribution in [2.24, 2.45) is 5.92 Å². The lowest BCUT2D eigenvalue weighted by Gasteiger charge is -2.31. The van der Waals surface area contributed by atoms with E-state index in [-0.39, 0.29) is 19.2 Å². The highest BCUT2D eigenvalue weighted by atomic mass is 19.1. The molecule has 1 aliphatic heterocycles. The zero-order valence-electron chi connectivity index (χ0n) is 21.1. The van der Waals surface area contributed by atoms with Crippen LogP contribution in [-0.4, -0.2) is 40.1 Å². The second-order valence-electron chi connectivity index (χ2n) is 9.46. The summed E-state index contributed by atoms with van der Waals surface area (Å²) in [6.45, 7) is 4.45. The first-order valence-electron chi connectivity index (χ1n) is 12.4. The molecule has 1 atom stereocenters. The number of halogens is 1. The molecule has 196 valence electrons. The smallest absolute Gasteiger partial charge is 0.249 e. The molecular formula is C28H28FN5O4. The van der Waals surface area contributed by atoms with Crippen LogP contribution in [0.3, 0.4) is 0 Å². The van der Waals surface area contributed by atoms with Gasteiger partial charge in [-0.2, -0.15) is 0 Å². The number of hydrogen-bond donors (Lipinski definition) is 1. The van der Waals surface area contributed by atoms with Crippen LogP contribution in [0, 0.1) is 11.7 Å². The van der Waals surface area contributed by atoms with Gasteiger partial charge in [-0.05, 0) is 54.3 Å². The molecule has 1 aromatic heterocycles. The van der Waals surface area contributed by atoms with Gasteiger partial charge in [0, 0.05) is 18.3 Å². The van der Waals surface area contributed by atoms with E-state index in [1.165, 1.54) is 33.8 Å². The Morgan fingerprint density at radius 3 is 2.61 bits per heavy atom. The maximum absolute atomic E-state index is 14.0. The van der Waals surface area contributed by atoms with Crippen molar-refractivity contribution in [3.63, 3.8) is 0 Å².